The van der Waals surface area contributed by atoms with Gasteiger partial charge in [-0.05, 0) is 5.56 Å². The normalized spacial score (nSPS) is 14.2. The van der Waals surface area contributed by atoms with Crippen LogP contribution >= 0.6 is 11.6 Å². The SMILES string of the molecule is NC(=O)C(Cl)[C@@H](CO)COCc1ccccc1. The molecule has 1 rings (SSSR count). The maximum Gasteiger partial charge on any atom is 0.235 e. The number of hydrogen-bond donors (Lipinski definition) is 2. The zero-order valence-electron chi connectivity index (χ0n) is 9.38. The van der Waals surface area contributed by atoms with Crippen LogP contribution in [0.2, 0.25) is 0 Å². The van der Waals surface area contributed by atoms with E-state index in [1.54, 1.807) is 0 Å². The van der Waals surface area contributed by atoms with Crippen LogP contribution in [0.25, 0.3) is 0 Å². The van der Waals surface area contributed by atoms with Gasteiger partial charge in [-0.25, -0.2) is 0 Å². The van der Waals surface area contributed by atoms with Gasteiger partial charge in [0.2, 0.25) is 5.91 Å². The van der Waals surface area contributed by atoms with Gasteiger partial charge in [0, 0.05) is 5.92 Å². The second-order valence-electron chi connectivity index (χ2n) is 3.75. The zero-order valence-corrected chi connectivity index (χ0v) is 10.1. The number of carbonyl (C=O) groups is 1. The van der Waals surface area contributed by atoms with Gasteiger partial charge in [0.1, 0.15) is 5.38 Å². The Morgan fingerprint density at radius 2 is 2.06 bits per heavy atom. The lowest BCUT2D eigenvalue weighted by Gasteiger charge is -2.17. The van der Waals surface area contributed by atoms with E-state index in [4.69, 9.17) is 27.2 Å². The first-order valence-electron chi connectivity index (χ1n) is 5.31. The molecule has 0 aliphatic carbocycles. The highest BCUT2D eigenvalue weighted by molar-refractivity contribution is 6.30. The molecule has 94 valence electrons. The van der Waals surface area contributed by atoms with Gasteiger partial charge in [0.15, 0.2) is 0 Å². The third-order valence-corrected chi connectivity index (χ3v) is 2.94. The minimum absolute atomic E-state index is 0.197. The van der Waals surface area contributed by atoms with Crippen LogP contribution in [-0.4, -0.2) is 29.6 Å². The first kappa shape index (κ1) is 14.0. The number of aliphatic hydroxyl groups excluding tert-OH is 1. The first-order chi connectivity index (χ1) is 8.15. The van der Waals surface area contributed by atoms with E-state index in [2.05, 4.69) is 0 Å². The Hall–Kier alpha value is -1.10. The van der Waals surface area contributed by atoms with Crippen LogP contribution in [0.5, 0.6) is 0 Å². The fourth-order valence-corrected chi connectivity index (χ4v) is 1.52. The fraction of sp³-hybridized carbons (Fsp3) is 0.417. The number of hydrogen-bond acceptors (Lipinski definition) is 3. The van der Waals surface area contributed by atoms with Crippen molar-refractivity contribution < 1.29 is 14.6 Å². The van der Waals surface area contributed by atoms with Crippen LogP contribution in [0.4, 0.5) is 0 Å². The van der Waals surface area contributed by atoms with Crippen LogP contribution in [0, 0.1) is 5.92 Å². The fourth-order valence-electron chi connectivity index (χ4n) is 1.36. The monoisotopic (exact) mass is 257 g/mol. The van der Waals surface area contributed by atoms with Crippen molar-refractivity contribution in [3.05, 3.63) is 35.9 Å². The number of nitrogens with two attached hydrogens (primary N) is 1. The molecule has 0 saturated carbocycles. The van der Waals surface area contributed by atoms with E-state index in [0.717, 1.165) is 5.56 Å². The van der Waals surface area contributed by atoms with Gasteiger partial charge in [0.05, 0.1) is 19.8 Å². The molecule has 0 heterocycles. The van der Waals surface area contributed by atoms with Gasteiger partial charge in [-0.3, -0.25) is 4.79 Å². The minimum Gasteiger partial charge on any atom is -0.396 e. The molecule has 1 amide bonds. The minimum atomic E-state index is -0.907. The predicted octanol–water partition coefficient (Wildman–Crippen LogP) is 0.904. The number of carbonyl (C=O) groups excluding carboxylic acids is 1. The van der Waals surface area contributed by atoms with E-state index in [1.807, 2.05) is 30.3 Å². The smallest absolute Gasteiger partial charge is 0.235 e. The Morgan fingerprint density at radius 3 is 2.59 bits per heavy atom. The summed E-state index contributed by atoms with van der Waals surface area (Å²) in [6, 6.07) is 9.61. The van der Waals surface area contributed by atoms with Crippen LogP contribution in [-0.2, 0) is 16.1 Å². The number of amides is 1. The molecule has 4 nitrogen and oxygen atoms in total. The maximum atomic E-state index is 10.9. The van der Waals surface area contributed by atoms with Crippen molar-refractivity contribution in [3.63, 3.8) is 0 Å². The lowest BCUT2D eigenvalue weighted by atomic mass is 10.1. The van der Waals surface area contributed by atoms with Gasteiger partial charge >= 0.3 is 0 Å². The lowest BCUT2D eigenvalue weighted by Crippen LogP contribution is -2.35. The Morgan fingerprint density at radius 1 is 1.41 bits per heavy atom. The van der Waals surface area contributed by atoms with Gasteiger partial charge < -0.3 is 15.6 Å². The van der Waals surface area contributed by atoms with Gasteiger partial charge in [0.25, 0.3) is 0 Å². The van der Waals surface area contributed by atoms with Crippen molar-refractivity contribution in [1.82, 2.24) is 0 Å². The summed E-state index contributed by atoms with van der Waals surface area (Å²) in [5.74, 6) is -1.12. The number of benzene rings is 1. The van der Waals surface area contributed by atoms with Crippen molar-refractivity contribution in [3.8, 4) is 0 Å². The maximum absolute atomic E-state index is 10.9. The summed E-state index contributed by atoms with van der Waals surface area (Å²) in [6.07, 6.45) is 0. The average Bonchev–Trinajstić information content (AvgIpc) is 2.35. The Balaban J connectivity index is 2.36. The second-order valence-corrected chi connectivity index (χ2v) is 4.22. The van der Waals surface area contributed by atoms with E-state index in [1.165, 1.54) is 0 Å². The third kappa shape index (κ3) is 4.73. The number of primary amides is 1. The lowest BCUT2D eigenvalue weighted by molar-refractivity contribution is -0.119. The van der Waals surface area contributed by atoms with E-state index in [0.29, 0.717) is 6.61 Å². The number of ether oxygens (including phenoxy) is 1. The number of alkyl halides is 1. The summed E-state index contributed by atoms with van der Waals surface area (Å²) in [5.41, 5.74) is 6.08. The standard InChI is InChI=1S/C12H16ClNO3/c13-11(12(14)16)10(6-15)8-17-7-9-4-2-1-3-5-9/h1-5,10-11,15H,6-8H2,(H2,14,16)/t10-,11?/m0/s1. The van der Waals surface area contributed by atoms with Crippen molar-refractivity contribution in [1.29, 1.82) is 0 Å². The second kappa shape index (κ2) is 7.27. The molecule has 0 aromatic heterocycles. The molecule has 3 N–H and O–H groups in total. The molecule has 0 aliphatic heterocycles. The first-order valence-corrected chi connectivity index (χ1v) is 5.74. The van der Waals surface area contributed by atoms with E-state index in [-0.39, 0.29) is 13.2 Å². The summed E-state index contributed by atoms with van der Waals surface area (Å²) >= 11 is 5.75. The van der Waals surface area contributed by atoms with E-state index >= 15 is 0 Å². The number of aliphatic hydroxyl groups is 1. The summed E-state index contributed by atoms with van der Waals surface area (Å²) < 4.78 is 5.39. The highest BCUT2D eigenvalue weighted by atomic mass is 35.5. The van der Waals surface area contributed by atoms with Crippen LogP contribution in [0.1, 0.15) is 5.56 Å². The summed E-state index contributed by atoms with van der Waals surface area (Å²) in [4.78, 5) is 10.9. The van der Waals surface area contributed by atoms with Gasteiger partial charge in [-0.2, -0.15) is 0 Å². The molecule has 1 aromatic rings. The molecule has 1 unspecified atom stereocenters. The molecule has 5 heteroatoms. The molecule has 2 atom stereocenters. The Labute approximate surface area is 105 Å². The van der Waals surface area contributed by atoms with Crippen molar-refractivity contribution in [2.45, 2.75) is 12.0 Å². The predicted molar refractivity (Wildman–Crippen MR) is 65.5 cm³/mol. The molecule has 1 aromatic carbocycles. The summed E-state index contributed by atoms with van der Waals surface area (Å²) in [7, 11) is 0. The van der Waals surface area contributed by atoms with Crippen LogP contribution < -0.4 is 5.73 Å². The van der Waals surface area contributed by atoms with Crippen molar-refractivity contribution in [2.24, 2.45) is 11.7 Å². The molecule has 17 heavy (non-hydrogen) atoms. The highest BCUT2D eigenvalue weighted by Gasteiger charge is 2.23. The highest BCUT2D eigenvalue weighted by Crippen LogP contribution is 2.12. The van der Waals surface area contributed by atoms with E-state index < -0.39 is 17.2 Å². The topological polar surface area (TPSA) is 72.6 Å². The summed E-state index contributed by atoms with van der Waals surface area (Å²) in [6.45, 7) is 0.383. The van der Waals surface area contributed by atoms with Crippen LogP contribution in [0.3, 0.4) is 0 Å². The Kier molecular flexibility index (Phi) is 5.97. The molecule has 0 spiro atoms. The number of halogens is 1. The third-order valence-electron chi connectivity index (χ3n) is 2.36. The summed E-state index contributed by atoms with van der Waals surface area (Å²) in [5, 5.41) is 8.16. The molecular weight excluding hydrogens is 242 g/mol. The molecule has 0 aliphatic rings. The largest absolute Gasteiger partial charge is 0.396 e. The van der Waals surface area contributed by atoms with Gasteiger partial charge in [-0.1, -0.05) is 30.3 Å². The van der Waals surface area contributed by atoms with Crippen molar-refractivity contribution in [2.75, 3.05) is 13.2 Å². The Bertz CT molecular complexity index is 345. The van der Waals surface area contributed by atoms with Gasteiger partial charge in [-0.15, -0.1) is 11.6 Å². The quantitative estimate of drug-likeness (QED) is 0.713. The molecule has 0 fully saturated rings. The number of rotatable bonds is 7. The van der Waals surface area contributed by atoms with E-state index in [9.17, 15) is 4.79 Å². The molecule has 0 radical (unpaired) electrons. The van der Waals surface area contributed by atoms with Crippen LogP contribution in [0.15, 0.2) is 30.3 Å². The molecular formula is C12H16ClNO3. The van der Waals surface area contributed by atoms with Crippen molar-refractivity contribution >= 4 is 17.5 Å². The average molecular weight is 258 g/mol. The molecule has 0 saturated heterocycles. The molecule has 0 bridgehead atoms. The zero-order chi connectivity index (χ0) is 12.7.